The van der Waals surface area contributed by atoms with E-state index in [9.17, 15) is 44.3 Å². The highest BCUT2D eigenvalue weighted by atomic mass is 32.2. The summed E-state index contributed by atoms with van der Waals surface area (Å²) in [5, 5.41) is 9.52. The van der Waals surface area contributed by atoms with Crippen LogP contribution >= 0.6 is 0 Å². The van der Waals surface area contributed by atoms with Crippen LogP contribution in [0.5, 0.6) is 11.5 Å². The van der Waals surface area contributed by atoms with Gasteiger partial charge in [0.1, 0.15) is 28.6 Å². The molecule has 1 aromatic carbocycles. The molecule has 1 aromatic heterocycles. The second-order valence-corrected chi connectivity index (χ2v) is 11.7. The second kappa shape index (κ2) is 11.0. The van der Waals surface area contributed by atoms with Gasteiger partial charge in [0, 0.05) is 37.3 Å². The van der Waals surface area contributed by atoms with Gasteiger partial charge in [-0.2, -0.15) is 18.3 Å². The predicted octanol–water partition coefficient (Wildman–Crippen LogP) is 2.70. The standard InChI is InChI=1S/C23H24F6N4O7S/c1-41(36,37)11-17(34)30-19-18-15(32-33(19)6-2-7-40-23(27,28)29)10-21(31-20(18)35)5-8-38-16-9-13(3-4-14(16)21)39-12-22(24,25)26/h3-4,9H,2,5-8,10-12H2,1H3,(H,30,34)(H,31,35)/t21-/m0/s1. The van der Waals surface area contributed by atoms with Gasteiger partial charge in [-0.05, 0) is 18.6 Å². The molecular weight excluding hydrogens is 590 g/mol. The largest absolute Gasteiger partial charge is 0.522 e. The van der Waals surface area contributed by atoms with Gasteiger partial charge in [-0.15, -0.1) is 13.2 Å². The summed E-state index contributed by atoms with van der Waals surface area (Å²) < 4.78 is 113. The monoisotopic (exact) mass is 614 g/mol. The first kappa shape index (κ1) is 30.4. The van der Waals surface area contributed by atoms with Crippen molar-refractivity contribution in [3.05, 3.63) is 35.0 Å². The Morgan fingerprint density at radius 1 is 1.24 bits per heavy atom. The van der Waals surface area contributed by atoms with Crippen molar-refractivity contribution < 1.29 is 58.6 Å². The van der Waals surface area contributed by atoms with Crippen molar-refractivity contribution in [2.24, 2.45) is 0 Å². The number of nitrogens with zero attached hydrogens (tertiary/aromatic N) is 2. The van der Waals surface area contributed by atoms with Crippen molar-refractivity contribution in [3.63, 3.8) is 0 Å². The number of halogens is 6. The van der Waals surface area contributed by atoms with Gasteiger partial charge in [0.2, 0.25) is 5.91 Å². The number of ether oxygens (including phenoxy) is 3. The van der Waals surface area contributed by atoms with E-state index in [1.54, 1.807) is 0 Å². The normalized spacial score (nSPS) is 18.8. The molecule has 0 aliphatic carbocycles. The van der Waals surface area contributed by atoms with Gasteiger partial charge < -0.3 is 20.1 Å². The summed E-state index contributed by atoms with van der Waals surface area (Å²) in [4.78, 5) is 25.8. The lowest BCUT2D eigenvalue weighted by atomic mass is 9.77. The Hall–Kier alpha value is -3.54. The van der Waals surface area contributed by atoms with E-state index >= 15 is 0 Å². The van der Waals surface area contributed by atoms with Crippen molar-refractivity contribution in [3.8, 4) is 11.5 Å². The fraction of sp³-hybridized carbons (Fsp3) is 0.522. The quantitative estimate of drug-likeness (QED) is 0.325. The topological polar surface area (TPSA) is 138 Å². The van der Waals surface area contributed by atoms with Gasteiger partial charge in [0.05, 0.1) is 24.4 Å². The van der Waals surface area contributed by atoms with Crippen molar-refractivity contribution >= 4 is 27.5 Å². The average molecular weight is 615 g/mol. The minimum atomic E-state index is -4.86. The van der Waals surface area contributed by atoms with Crippen molar-refractivity contribution in [1.82, 2.24) is 15.1 Å². The van der Waals surface area contributed by atoms with Gasteiger partial charge in [-0.1, -0.05) is 0 Å². The zero-order valence-corrected chi connectivity index (χ0v) is 22.1. The van der Waals surface area contributed by atoms with E-state index < -0.39 is 58.7 Å². The Morgan fingerprint density at radius 3 is 2.63 bits per heavy atom. The molecule has 0 saturated heterocycles. The van der Waals surface area contributed by atoms with Gasteiger partial charge >= 0.3 is 12.5 Å². The number of hydrogen-bond acceptors (Lipinski definition) is 8. The van der Waals surface area contributed by atoms with Crippen LogP contribution in [0.25, 0.3) is 0 Å². The molecule has 18 heteroatoms. The summed E-state index contributed by atoms with van der Waals surface area (Å²) in [5.74, 6) is -2.76. The molecule has 2 aromatic rings. The molecule has 2 aliphatic rings. The number of aryl methyl sites for hydroxylation is 1. The van der Waals surface area contributed by atoms with Crippen LogP contribution in [-0.2, 0) is 37.9 Å². The molecule has 3 heterocycles. The molecule has 41 heavy (non-hydrogen) atoms. The molecule has 2 N–H and O–H groups in total. The lowest BCUT2D eigenvalue weighted by molar-refractivity contribution is -0.324. The predicted molar refractivity (Wildman–Crippen MR) is 128 cm³/mol. The minimum Gasteiger partial charge on any atom is -0.493 e. The number of anilines is 1. The summed E-state index contributed by atoms with van der Waals surface area (Å²) in [6.07, 6.45) is -8.57. The summed E-state index contributed by atoms with van der Waals surface area (Å²) in [6, 6.07) is 4.00. The lowest BCUT2D eigenvalue weighted by Gasteiger charge is -2.41. The number of sulfone groups is 1. The third kappa shape index (κ3) is 7.60. The third-order valence-corrected chi connectivity index (χ3v) is 6.95. The zero-order chi connectivity index (χ0) is 30.2. The van der Waals surface area contributed by atoms with Crippen LogP contribution in [0.1, 0.15) is 34.5 Å². The van der Waals surface area contributed by atoms with Crippen LogP contribution in [-0.4, -0.2) is 74.4 Å². The Kier molecular flexibility index (Phi) is 8.19. The number of carbonyl (C=O) groups excluding carboxylic acids is 2. The first-order valence-corrected chi connectivity index (χ1v) is 14.1. The molecule has 1 spiro atoms. The van der Waals surface area contributed by atoms with Crippen LogP contribution < -0.4 is 20.1 Å². The van der Waals surface area contributed by atoms with Crippen LogP contribution in [0.4, 0.5) is 32.2 Å². The molecule has 1 atom stereocenters. The molecule has 0 fully saturated rings. The molecular formula is C23H24F6N4O7S. The number of nitrogens with one attached hydrogen (secondary N) is 2. The Bertz CT molecular complexity index is 1440. The highest BCUT2D eigenvalue weighted by Crippen LogP contribution is 2.44. The first-order chi connectivity index (χ1) is 18.9. The van der Waals surface area contributed by atoms with E-state index in [-0.39, 0.29) is 61.0 Å². The summed E-state index contributed by atoms with van der Waals surface area (Å²) in [6.45, 7) is -2.42. The molecule has 0 saturated carbocycles. The van der Waals surface area contributed by atoms with E-state index in [4.69, 9.17) is 9.47 Å². The zero-order valence-electron chi connectivity index (χ0n) is 21.3. The van der Waals surface area contributed by atoms with Gasteiger partial charge in [-0.3, -0.25) is 14.3 Å². The Morgan fingerprint density at radius 2 is 1.98 bits per heavy atom. The van der Waals surface area contributed by atoms with Crippen LogP contribution in [0.15, 0.2) is 18.2 Å². The summed E-state index contributed by atoms with van der Waals surface area (Å²) in [5.41, 5.74) is -0.636. The van der Waals surface area contributed by atoms with Gasteiger partial charge in [0.15, 0.2) is 16.4 Å². The summed E-state index contributed by atoms with van der Waals surface area (Å²) in [7, 11) is -3.76. The second-order valence-electron chi connectivity index (χ2n) is 9.53. The van der Waals surface area contributed by atoms with Gasteiger partial charge in [0.25, 0.3) is 5.91 Å². The molecule has 0 bridgehead atoms. The van der Waals surface area contributed by atoms with Crippen LogP contribution in [0.3, 0.4) is 0 Å². The van der Waals surface area contributed by atoms with Crippen LogP contribution in [0, 0.1) is 0 Å². The number of benzene rings is 1. The molecule has 0 unspecified atom stereocenters. The number of carbonyl (C=O) groups is 2. The third-order valence-electron chi connectivity index (χ3n) is 6.16. The lowest BCUT2D eigenvalue weighted by Crippen LogP contribution is -2.53. The fourth-order valence-corrected chi connectivity index (χ4v) is 5.19. The number of fused-ring (bicyclic) bond motifs is 3. The summed E-state index contributed by atoms with van der Waals surface area (Å²) >= 11 is 0. The van der Waals surface area contributed by atoms with Crippen molar-refractivity contribution in [1.29, 1.82) is 0 Å². The number of aromatic nitrogens is 2. The van der Waals surface area contributed by atoms with Gasteiger partial charge in [-0.25, -0.2) is 13.1 Å². The fourth-order valence-electron chi connectivity index (χ4n) is 4.64. The van der Waals surface area contributed by atoms with E-state index in [1.165, 1.54) is 18.2 Å². The molecule has 4 rings (SSSR count). The Balaban J connectivity index is 1.64. The van der Waals surface area contributed by atoms with Crippen molar-refractivity contribution in [2.75, 3.05) is 37.1 Å². The van der Waals surface area contributed by atoms with E-state index in [0.717, 1.165) is 10.9 Å². The highest BCUT2D eigenvalue weighted by Gasteiger charge is 2.46. The Labute approximate surface area is 229 Å². The molecule has 226 valence electrons. The highest BCUT2D eigenvalue weighted by molar-refractivity contribution is 7.91. The van der Waals surface area contributed by atoms with Crippen molar-refractivity contribution in [2.45, 2.75) is 43.9 Å². The average Bonchev–Trinajstić information content (AvgIpc) is 3.15. The maximum absolute atomic E-state index is 13.4. The minimum absolute atomic E-state index is 0.0220. The SMILES string of the molecule is CS(=O)(=O)CC(=O)Nc1c2c(nn1CCCOC(F)(F)F)C[C@]1(CCOc3cc(OCC(F)(F)F)ccc31)NC2=O. The molecule has 2 amide bonds. The first-order valence-electron chi connectivity index (χ1n) is 12.0. The maximum atomic E-state index is 13.4. The number of hydrogen-bond donors (Lipinski definition) is 2. The van der Waals surface area contributed by atoms with E-state index in [2.05, 4.69) is 20.5 Å². The molecule has 11 nitrogen and oxygen atoms in total. The molecule has 0 radical (unpaired) electrons. The number of amides is 2. The number of alkyl halides is 6. The molecule has 2 aliphatic heterocycles. The number of rotatable bonds is 9. The van der Waals surface area contributed by atoms with Crippen LogP contribution in [0.2, 0.25) is 0 Å². The van der Waals surface area contributed by atoms with E-state index in [0.29, 0.717) is 5.56 Å². The maximum Gasteiger partial charge on any atom is 0.522 e. The van der Waals surface area contributed by atoms with E-state index in [1.807, 2.05) is 0 Å². The smallest absolute Gasteiger partial charge is 0.493 e.